The minimum Gasteiger partial charge on any atom is -0.452 e. The molecule has 29 heavy (non-hydrogen) atoms. The molecule has 6 rings (SSSR count). The summed E-state index contributed by atoms with van der Waals surface area (Å²) in [4.78, 5) is 16.4. The molecule has 0 radical (unpaired) electrons. The molecule has 0 amide bonds. The van der Waals surface area contributed by atoms with Crippen molar-refractivity contribution < 1.29 is 9.53 Å². The van der Waals surface area contributed by atoms with Crippen molar-refractivity contribution >= 4 is 5.97 Å². The summed E-state index contributed by atoms with van der Waals surface area (Å²) < 4.78 is 6.35. The summed E-state index contributed by atoms with van der Waals surface area (Å²) in [5.74, 6) is 1.48. The molecule has 3 saturated heterocycles. The number of piperidine rings is 3. The lowest BCUT2D eigenvalue weighted by atomic mass is 9.50. The summed E-state index contributed by atoms with van der Waals surface area (Å²) in [6.07, 6.45) is 1.94. The van der Waals surface area contributed by atoms with Gasteiger partial charge in [0.15, 0.2) is 6.10 Å². The topological polar surface area (TPSA) is 29.5 Å². The zero-order valence-corrected chi connectivity index (χ0v) is 17.7. The third-order valence-electron chi connectivity index (χ3n) is 8.40. The summed E-state index contributed by atoms with van der Waals surface area (Å²) in [5.41, 5.74) is 1.95. The standard InChI is InChI=1S/C26H31NO2/c1-25(2)20-14-21-16-27(25)17-22(15-20)26(21,3)24(28)29-23(18-10-6-4-7-11-18)19-12-8-5-9-13-19/h4-13,20-23H,14-17H2,1-3H3. The molecule has 0 spiro atoms. The summed E-state index contributed by atoms with van der Waals surface area (Å²) in [6, 6.07) is 20.3. The number of carbonyl (C=O) groups is 1. The van der Waals surface area contributed by atoms with Crippen molar-refractivity contribution in [2.24, 2.45) is 23.2 Å². The summed E-state index contributed by atoms with van der Waals surface area (Å²) in [7, 11) is 0. The Balaban J connectivity index is 1.44. The van der Waals surface area contributed by atoms with Gasteiger partial charge in [0.1, 0.15) is 0 Å². The first kappa shape index (κ1) is 18.9. The van der Waals surface area contributed by atoms with Gasteiger partial charge in [0.25, 0.3) is 0 Å². The Kier molecular flexibility index (Phi) is 4.36. The highest BCUT2D eigenvalue weighted by atomic mass is 16.5. The number of benzene rings is 2. The fourth-order valence-electron chi connectivity index (χ4n) is 6.20. The van der Waals surface area contributed by atoms with E-state index in [1.54, 1.807) is 0 Å². The largest absolute Gasteiger partial charge is 0.452 e. The van der Waals surface area contributed by atoms with Crippen LogP contribution in [0, 0.1) is 23.2 Å². The first-order valence-electron chi connectivity index (χ1n) is 11.0. The average molecular weight is 390 g/mol. The van der Waals surface area contributed by atoms with Gasteiger partial charge in [0.05, 0.1) is 5.41 Å². The molecule has 3 heterocycles. The van der Waals surface area contributed by atoms with E-state index in [1.807, 2.05) is 36.4 Å². The maximum atomic E-state index is 13.7. The van der Waals surface area contributed by atoms with E-state index < -0.39 is 0 Å². The Labute approximate surface area is 174 Å². The number of rotatable bonds is 4. The maximum absolute atomic E-state index is 13.7. The van der Waals surface area contributed by atoms with Crippen LogP contribution < -0.4 is 0 Å². The van der Waals surface area contributed by atoms with Crippen LogP contribution in [0.3, 0.4) is 0 Å². The lowest BCUT2D eigenvalue weighted by Crippen LogP contribution is -2.71. The first-order chi connectivity index (χ1) is 13.9. The molecule has 1 saturated carbocycles. The molecule has 2 aromatic carbocycles. The van der Waals surface area contributed by atoms with E-state index in [9.17, 15) is 4.79 Å². The van der Waals surface area contributed by atoms with Crippen LogP contribution in [0.5, 0.6) is 0 Å². The van der Waals surface area contributed by atoms with Gasteiger partial charge in [-0.2, -0.15) is 0 Å². The number of carbonyl (C=O) groups excluding carboxylic acids is 1. The Hall–Kier alpha value is -2.13. The molecule has 0 aromatic heterocycles. The molecule has 152 valence electrons. The van der Waals surface area contributed by atoms with E-state index in [0.717, 1.165) is 37.1 Å². The van der Waals surface area contributed by atoms with Crippen LogP contribution in [0.15, 0.2) is 60.7 Å². The number of ether oxygens (including phenoxy) is 1. The summed E-state index contributed by atoms with van der Waals surface area (Å²) in [5, 5.41) is 0. The zero-order valence-electron chi connectivity index (χ0n) is 17.7. The van der Waals surface area contributed by atoms with Gasteiger partial charge < -0.3 is 4.74 Å². The SMILES string of the molecule is CC1(C(=O)OC(c2ccccc2)c2ccccc2)C2CC3CC1CN(C2)C3(C)C. The van der Waals surface area contributed by atoms with E-state index in [0.29, 0.717) is 17.8 Å². The smallest absolute Gasteiger partial charge is 0.313 e. The second-order valence-electron chi connectivity index (χ2n) is 10.0. The molecule has 2 aromatic rings. The molecular weight excluding hydrogens is 358 g/mol. The van der Waals surface area contributed by atoms with Crippen LogP contribution in [0.4, 0.5) is 0 Å². The Morgan fingerprint density at radius 3 is 1.79 bits per heavy atom. The minimum atomic E-state index is -0.384. The van der Waals surface area contributed by atoms with Gasteiger partial charge in [-0.05, 0) is 62.5 Å². The molecule has 3 aliphatic heterocycles. The molecule has 3 nitrogen and oxygen atoms in total. The minimum absolute atomic E-state index is 0.0111. The van der Waals surface area contributed by atoms with Crippen LogP contribution in [0.2, 0.25) is 0 Å². The van der Waals surface area contributed by atoms with Crippen LogP contribution in [0.25, 0.3) is 0 Å². The van der Waals surface area contributed by atoms with Crippen molar-refractivity contribution in [2.75, 3.05) is 13.1 Å². The molecule has 3 heteroatoms. The summed E-state index contributed by atoms with van der Waals surface area (Å²) >= 11 is 0. The van der Waals surface area contributed by atoms with Gasteiger partial charge in [0.2, 0.25) is 0 Å². The van der Waals surface area contributed by atoms with Crippen LogP contribution in [0.1, 0.15) is 50.8 Å². The monoisotopic (exact) mass is 389 g/mol. The quantitative estimate of drug-likeness (QED) is 0.683. The van der Waals surface area contributed by atoms with E-state index in [4.69, 9.17) is 4.74 Å². The van der Waals surface area contributed by atoms with Gasteiger partial charge in [-0.25, -0.2) is 0 Å². The van der Waals surface area contributed by atoms with Gasteiger partial charge in [-0.1, -0.05) is 60.7 Å². The van der Waals surface area contributed by atoms with Gasteiger partial charge >= 0.3 is 5.97 Å². The lowest BCUT2D eigenvalue weighted by molar-refractivity contribution is -0.206. The fourth-order valence-corrected chi connectivity index (χ4v) is 6.20. The van der Waals surface area contributed by atoms with E-state index in [1.165, 1.54) is 0 Å². The molecule has 4 bridgehead atoms. The first-order valence-corrected chi connectivity index (χ1v) is 11.0. The molecule has 4 aliphatic rings. The Morgan fingerprint density at radius 2 is 1.34 bits per heavy atom. The maximum Gasteiger partial charge on any atom is 0.313 e. The van der Waals surface area contributed by atoms with Crippen LogP contribution in [-0.4, -0.2) is 29.5 Å². The van der Waals surface area contributed by atoms with Crippen LogP contribution >= 0.6 is 0 Å². The number of esters is 1. The molecule has 4 fully saturated rings. The zero-order chi connectivity index (χ0) is 20.2. The highest BCUT2D eigenvalue weighted by molar-refractivity contribution is 5.78. The van der Waals surface area contributed by atoms with Crippen molar-refractivity contribution in [1.82, 2.24) is 4.90 Å². The number of hydrogen-bond acceptors (Lipinski definition) is 3. The van der Waals surface area contributed by atoms with Crippen molar-refractivity contribution in [3.8, 4) is 0 Å². The highest BCUT2D eigenvalue weighted by Crippen LogP contribution is 2.59. The number of hydrogen-bond donors (Lipinski definition) is 0. The molecule has 0 N–H and O–H groups in total. The average Bonchev–Trinajstić information content (AvgIpc) is 2.72. The third kappa shape index (κ3) is 2.85. The predicted molar refractivity (Wildman–Crippen MR) is 114 cm³/mol. The Morgan fingerprint density at radius 1 is 0.862 bits per heavy atom. The molecule has 2 atom stereocenters. The second kappa shape index (κ2) is 6.70. The fraction of sp³-hybridized carbons (Fsp3) is 0.500. The summed E-state index contributed by atoms with van der Waals surface area (Å²) in [6.45, 7) is 8.99. The molecule has 1 aliphatic carbocycles. The predicted octanol–water partition coefficient (Wildman–Crippen LogP) is 5.08. The second-order valence-corrected chi connectivity index (χ2v) is 10.0. The van der Waals surface area contributed by atoms with E-state index in [-0.39, 0.29) is 23.0 Å². The van der Waals surface area contributed by atoms with E-state index in [2.05, 4.69) is 49.9 Å². The van der Waals surface area contributed by atoms with Gasteiger partial charge in [0, 0.05) is 18.6 Å². The van der Waals surface area contributed by atoms with Crippen molar-refractivity contribution in [3.63, 3.8) is 0 Å². The van der Waals surface area contributed by atoms with Crippen LogP contribution in [-0.2, 0) is 9.53 Å². The van der Waals surface area contributed by atoms with E-state index >= 15 is 0 Å². The molecule has 2 unspecified atom stereocenters. The van der Waals surface area contributed by atoms with Crippen molar-refractivity contribution in [3.05, 3.63) is 71.8 Å². The normalized spacial score (nSPS) is 34.3. The number of nitrogens with zero attached hydrogens (tertiary/aromatic N) is 1. The van der Waals surface area contributed by atoms with Crippen molar-refractivity contribution in [2.45, 2.75) is 45.3 Å². The van der Waals surface area contributed by atoms with Gasteiger partial charge in [-0.15, -0.1) is 0 Å². The molecular formula is C26H31NO2. The third-order valence-corrected chi connectivity index (χ3v) is 8.40. The Bertz CT molecular complexity index is 818. The highest BCUT2D eigenvalue weighted by Gasteiger charge is 2.63. The van der Waals surface area contributed by atoms with Crippen molar-refractivity contribution in [1.29, 1.82) is 0 Å². The lowest BCUT2D eigenvalue weighted by Gasteiger charge is -2.66. The van der Waals surface area contributed by atoms with Gasteiger partial charge in [-0.3, -0.25) is 9.69 Å².